The summed E-state index contributed by atoms with van der Waals surface area (Å²) >= 11 is 1.03. The summed E-state index contributed by atoms with van der Waals surface area (Å²) in [4.78, 5) is 29.8. The van der Waals surface area contributed by atoms with Crippen LogP contribution in [0.15, 0.2) is 73.1 Å². The van der Waals surface area contributed by atoms with Gasteiger partial charge in [-0.15, -0.1) is 0 Å². The highest BCUT2D eigenvalue weighted by atomic mass is 32.2. The fourth-order valence-electron chi connectivity index (χ4n) is 3.68. The number of benzene rings is 2. The Kier molecular flexibility index (Phi) is 6.52. The van der Waals surface area contributed by atoms with Crippen LogP contribution < -0.4 is 4.74 Å². The summed E-state index contributed by atoms with van der Waals surface area (Å²) in [7, 11) is 0. The van der Waals surface area contributed by atoms with Crippen molar-refractivity contribution >= 4 is 22.9 Å². The number of amides is 2. The van der Waals surface area contributed by atoms with Gasteiger partial charge >= 0.3 is 0 Å². The molecule has 0 aliphatic carbocycles. The smallest absolute Gasteiger partial charge is 0.289 e. The van der Waals surface area contributed by atoms with Crippen LogP contribution in [0, 0.1) is 11.3 Å². The predicted molar refractivity (Wildman–Crippen MR) is 123 cm³/mol. The lowest BCUT2D eigenvalue weighted by Crippen LogP contribution is -2.38. The molecule has 7 heteroatoms. The highest BCUT2D eigenvalue weighted by Crippen LogP contribution is 2.31. The van der Waals surface area contributed by atoms with E-state index in [1.165, 1.54) is 4.90 Å². The lowest BCUT2D eigenvalue weighted by molar-refractivity contribution is -0.126. The Balaban J connectivity index is 1.54. The van der Waals surface area contributed by atoms with Crippen molar-refractivity contribution in [1.29, 1.82) is 5.26 Å². The van der Waals surface area contributed by atoms with Crippen molar-refractivity contribution in [3.8, 4) is 22.9 Å². The number of ether oxygens (including phenoxy) is 1. The lowest BCUT2D eigenvalue weighted by atomic mass is 10.0. The summed E-state index contributed by atoms with van der Waals surface area (Å²) < 4.78 is 6.29. The molecule has 2 atom stereocenters. The van der Waals surface area contributed by atoms with E-state index in [0.717, 1.165) is 28.5 Å². The molecule has 1 aliphatic heterocycles. The fraction of sp³-hybridized carbons (Fsp3) is 0.200. The summed E-state index contributed by atoms with van der Waals surface area (Å²) in [5, 5.41) is 8.91. The molecule has 2 unspecified atom stereocenters. The van der Waals surface area contributed by atoms with Crippen LogP contribution in [0.25, 0.3) is 11.1 Å². The second kappa shape index (κ2) is 9.67. The summed E-state index contributed by atoms with van der Waals surface area (Å²) in [6.45, 7) is 1.86. The normalized spacial score (nSPS) is 15.3. The fourth-order valence-corrected chi connectivity index (χ4v) is 4.49. The maximum atomic E-state index is 12.1. The van der Waals surface area contributed by atoms with Crippen molar-refractivity contribution in [3.63, 3.8) is 0 Å². The average Bonchev–Trinajstić information content (AvgIpc) is 3.17. The number of rotatable bonds is 7. The molecule has 0 bridgehead atoms. The van der Waals surface area contributed by atoms with Crippen LogP contribution in [0.3, 0.4) is 0 Å². The monoisotopic (exact) mass is 443 g/mol. The van der Waals surface area contributed by atoms with E-state index in [2.05, 4.69) is 11.1 Å². The molecule has 3 aromatic rings. The molecule has 4 rings (SSSR count). The van der Waals surface area contributed by atoms with Crippen LogP contribution in [0.2, 0.25) is 0 Å². The van der Waals surface area contributed by atoms with Gasteiger partial charge in [-0.1, -0.05) is 42.1 Å². The van der Waals surface area contributed by atoms with E-state index in [1.807, 2.05) is 61.5 Å². The zero-order valence-corrected chi connectivity index (χ0v) is 18.3. The van der Waals surface area contributed by atoms with Crippen molar-refractivity contribution in [2.45, 2.75) is 25.5 Å². The molecule has 0 N–H and O–H groups in total. The molecule has 32 heavy (non-hydrogen) atoms. The first-order valence-electron chi connectivity index (χ1n) is 10.2. The first-order chi connectivity index (χ1) is 15.5. The molecule has 1 fully saturated rings. The van der Waals surface area contributed by atoms with Crippen LogP contribution in [0.1, 0.15) is 30.6 Å². The third-order valence-electron chi connectivity index (χ3n) is 5.29. The Morgan fingerprint density at radius 3 is 2.59 bits per heavy atom. The number of nitriles is 1. The largest absolute Gasteiger partial charge is 0.486 e. The zero-order chi connectivity index (χ0) is 22.5. The predicted octanol–water partition coefficient (Wildman–Crippen LogP) is 5.21. The minimum Gasteiger partial charge on any atom is -0.486 e. The molecular weight excluding hydrogens is 422 g/mol. The highest BCUT2D eigenvalue weighted by Gasteiger charge is 2.35. The van der Waals surface area contributed by atoms with Crippen molar-refractivity contribution < 1.29 is 14.3 Å². The van der Waals surface area contributed by atoms with Crippen molar-refractivity contribution in [1.82, 2.24) is 9.88 Å². The van der Waals surface area contributed by atoms with Gasteiger partial charge in [0.1, 0.15) is 11.9 Å². The number of nitrogens with zero attached hydrogens (tertiary/aromatic N) is 3. The second-order valence-corrected chi connectivity index (χ2v) is 8.44. The first kappa shape index (κ1) is 21.6. The molecule has 0 radical (unpaired) electrons. The van der Waals surface area contributed by atoms with Gasteiger partial charge in [-0.25, -0.2) is 0 Å². The van der Waals surface area contributed by atoms with E-state index in [1.54, 1.807) is 18.5 Å². The molecule has 0 saturated carbocycles. The maximum Gasteiger partial charge on any atom is 0.289 e. The molecule has 160 valence electrons. The van der Waals surface area contributed by atoms with E-state index in [9.17, 15) is 9.59 Å². The average molecular weight is 444 g/mol. The topological polar surface area (TPSA) is 83.3 Å². The molecule has 2 aromatic carbocycles. The van der Waals surface area contributed by atoms with Crippen LogP contribution in [-0.2, 0) is 4.79 Å². The van der Waals surface area contributed by atoms with Crippen molar-refractivity contribution in [2.24, 2.45) is 0 Å². The number of pyridine rings is 1. The van der Waals surface area contributed by atoms with Gasteiger partial charge in [-0.2, -0.15) is 5.26 Å². The summed E-state index contributed by atoms with van der Waals surface area (Å²) in [5.41, 5.74) is 3.41. The molecule has 2 heterocycles. The molecule has 1 aliphatic rings. The summed E-state index contributed by atoms with van der Waals surface area (Å²) in [6.07, 6.45) is 3.51. The van der Waals surface area contributed by atoms with Crippen LogP contribution in [-0.4, -0.2) is 32.8 Å². The molecule has 0 spiro atoms. The SMILES string of the molecule is CC(CC(Oc1ccc(-c2cccc(C#N)c2)cc1)c1cccnc1)N1C(=O)CSC1=O. The molecule has 6 nitrogen and oxygen atoms in total. The number of hydrogen-bond donors (Lipinski definition) is 0. The van der Waals surface area contributed by atoms with E-state index in [-0.39, 0.29) is 29.0 Å². The minimum atomic E-state index is -0.377. The van der Waals surface area contributed by atoms with Crippen molar-refractivity contribution in [2.75, 3.05) is 5.75 Å². The van der Waals surface area contributed by atoms with E-state index < -0.39 is 0 Å². The quantitative estimate of drug-likeness (QED) is 0.498. The number of hydrogen-bond acceptors (Lipinski definition) is 6. The summed E-state index contributed by atoms with van der Waals surface area (Å²) in [6, 6.07) is 20.7. The standard InChI is InChI=1S/C25H21N3O3S/c1-17(28-24(29)16-32-25(28)30)12-23(21-6-3-11-27-15-21)31-22-9-7-19(8-10-22)20-5-2-4-18(13-20)14-26/h2-11,13,15,17,23H,12,16H2,1H3. The van der Waals surface area contributed by atoms with Gasteiger partial charge in [0.2, 0.25) is 5.91 Å². The minimum absolute atomic E-state index is 0.165. The number of carbonyl (C=O) groups is 2. The molecule has 1 aromatic heterocycles. The van der Waals surface area contributed by atoms with Crippen LogP contribution in [0.4, 0.5) is 4.79 Å². The maximum absolute atomic E-state index is 12.1. The van der Waals surface area contributed by atoms with Gasteiger partial charge in [0.25, 0.3) is 5.24 Å². The first-order valence-corrected chi connectivity index (χ1v) is 11.2. The molecule has 1 saturated heterocycles. The van der Waals surface area contributed by atoms with E-state index in [0.29, 0.717) is 17.7 Å². The van der Waals surface area contributed by atoms with Gasteiger partial charge in [0.05, 0.1) is 17.4 Å². The number of aromatic nitrogens is 1. The van der Waals surface area contributed by atoms with Crippen molar-refractivity contribution in [3.05, 3.63) is 84.2 Å². The van der Waals surface area contributed by atoms with Gasteiger partial charge in [0, 0.05) is 30.4 Å². The summed E-state index contributed by atoms with van der Waals surface area (Å²) in [5.74, 6) is 0.692. The third-order valence-corrected chi connectivity index (χ3v) is 6.13. The van der Waals surface area contributed by atoms with Crippen LogP contribution >= 0.6 is 11.8 Å². The van der Waals surface area contributed by atoms with Gasteiger partial charge in [-0.05, 0) is 48.4 Å². The lowest BCUT2D eigenvalue weighted by Gasteiger charge is -2.27. The Morgan fingerprint density at radius 1 is 1.12 bits per heavy atom. The molecular formula is C25H21N3O3S. The van der Waals surface area contributed by atoms with Gasteiger partial charge < -0.3 is 4.74 Å². The van der Waals surface area contributed by atoms with Gasteiger partial charge in [-0.3, -0.25) is 19.5 Å². The second-order valence-electron chi connectivity index (χ2n) is 7.51. The Labute approximate surface area is 190 Å². The molecule has 2 amide bonds. The Morgan fingerprint density at radius 2 is 1.94 bits per heavy atom. The number of imide groups is 1. The Hall–Kier alpha value is -3.63. The van der Waals surface area contributed by atoms with Gasteiger partial charge in [0.15, 0.2) is 0 Å². The van der Waals surface area contributed by atoms with Crippen LogP contribution in [0.5, 0.6) is 5.75 Å². The highest BCUT2D eigenvalue weighted by molar-refractivity contribution is 8.14. The third kappa shape index (κ3) is 4.82. The number of carbonyl (C=O) groups excluding carboxylic acids is 2. The zero-order valence-electron chi connectivity index (χ0n) is 17.5. The van der Waals surface area contributed by atoms with E-state index >= 15 is 0 Å². The Bertz CT molecular complexity index is 1140. The van der Waals surface area contributed by atoms with E-state index in [4.69, 9.17) is 10.00 Å². The number of thioether (sulfide) groups is 1.